The number of benzene rings is 3. The average molecular weight is 507 g/mol. The van der Waals surface area contributed by atoms with Crippen LogP contribution in [0.4, 0.5) is 4.39 Å². The van der Waals surface area contributed by atoms with Crippen molar-refractivity contribution in [3.63, 3.8) is 0 Å². The Morgan fingerprint density at radius 2 is 1.81 bits per heavy atom. The number of aliphatic carboxylic acids is 1. The number of H-pyrrole nitrogens is 1. The number of carbonyl (C=O) groups is 2. The summed E-state index contributed by atoms with van der Waals surface area (Å²) in [6.45, 7) is 2.20. The van der Waals surface area contributed by atoms with Crippen LogP contribution < -0.4 is 5.32 Å². The third-order valence-electron chi connectivity index (χ3n) is 6.47. The highest BCUT2D eigenvalue weighted by Crippen LogP contribution is 2.44. The Labute approximate surface area is 214 Å². The second kappa shape index (κ2) is 11.4. The molecule has 3 N–H and O–H groups in total. The van der Waals surface area contributed by atoms with Gasteiger partial charge in [-0.05, 0) is 59.4 Å². The molecule has 0 spiro atoms. The number of amides is 1. The van der Waals surface area contributed by atoms with Crippen molar-refractivity contribution < 1.29 is 19.1 Å². The van der Waals surface area contributed by atoms with Crippen LogP contribution in [-0.2, 0) is 4.79 Å². The fourth-order valence-electron chi connectivity index (χ4n) is 4.83. The van der Waals surface area contributed by atoms with Crippen LogP contribution in [0, 0.1) is 5.82 Å². The van der Waals surface area contributed by atoms with Gasteiger partial charge in [-0.1, -0.05) is 61.3 Å². The van der Waals surface area contributed by atoms with Crippen molar-refractivity contribution in [3.05, 3.63) is 106 Å². The Morgan fingerprint density at radius 3 is 2.50 bits per heavy atom. The van der Waals surface area contributed by atoms with Crippen molar-refractivity contribution in [2.24, 2.45) is 0 Å². The number of aromatic nitrogens is 1. The number of carboxylic acid groups (broad SMARTS) is 1. The molecule has 7 heteroatoms. The third-order valence-corrected chi connectivity index (χ3v) is 6.70. The van der Waals surface area contributed by atoms with Crippen molar-refractivity contribution in [2.75, 3.05) is 6.54 Å². The Morgan fingerprint density at radius 1 is 1.06 bits per heavy atom. The fourth-order valence-corrected chi connectivity index (χ4v) is 5.03. The monoisotopic (exact) mass is 506 g/mol. The van der Waals surface area contributed by atoms with Gasteiger partial charge in [0.2, 0.25) is 0 Å². The standard InChI is InChI=1S/C29H28ClFN2O3/c1-2-5-22(18-10-12-19(13-11-18)29(36)32-15-14-26(34)35)27(20-6-3-7-21(30)16-20)24-17-33-28-23(24)8-4-9-25(28)31/h3-4,6-13,16-17,22,27,33H,2,5,14-15H2,1H3,(H,32,36)(H,34,35). The lowest BCUT2D eigenvalue weighted by molar-refractivity contribution is -0.136. The lowest BCUT2D eigenvalue weighted by Crippen LogP contribution is -2.26. The maximum absolute atomic E-state index is 14.5. The summed E-state index contributed by atoms with van der Waals surface area (Å²) < 4.78 is 14.5. The number of hydrogen-bond acceptors (Lipinski definition) is 2. The van der Waals surface area contributed by atoms with Crippen LogP contribution in [0.5, 0.6) is 0 Å². The molecular weight excluding hydrogens is 479 g/mol. The molecule has 3 aromatic carbocycles. The van der Waals surface area contributed by atoms with E-state index in [9.17, 15) is 14.0 Å². The quantitative estimate of drug-likeness (QED) is 0.219. The molecule has 4 rings (SSSR count). The summed E-state index contributed by atoms with van der Waals surface area (Å²) in [4.78, 5) is 26.3. The van der Waals surface area contributed by atoms with Crippen molar-refractivity contribution in [1.29, 1.82) is 0 Å². The van der Waals surface area contributed by atoms with E-state index in [1.807, 2.05) is 48.7 Å². The van der Waals surface area contributed by atoms with Gasteiger partial charge in [0.25, 0.3) is 5.91 Å². The molecule has 0 bridgehead atoms. The number of aromatic amines is 1. The number of rotatable bonds is 10. The van der Waals surface area contributed by atoms with Crippen molar-refractivity contribution >= 4 is 34.4 Å². The maximum atomic E-state index is 14.5. The molecule has 0 aliphatic heterocycles. The lowest BCUT2D eigenvalue weighted by Gasteiger charge is -2.28. The third kappa shape index (κ3) is 5.60. The molecule has 0 fully saturated rings. The van der Waals surface area contributed by atoms with Gasteiger partial charge in [-0.25, -0.2) is 4.39 Å². The first-order chi connectivity index (χ1) is 17.4. The van der Waals surface area contributed by atoms with Crippen molar-refractivity contribution in [3.8, 4) is 0 Å². The number of hydrogen-bond donors (Lipinski definition) is 3. The van der Waals surface area contributed by atoms with Crippen LogP contribution >= 0.6 is 11.6 Å². The summed E-state index contributed by atoms with van der Waals surface area (Å²) in [6.07, 6.45) is 3.54. The van der Waals surface area contributed by atoms with Crippen LogP contribution in [-0.4, -0.2) is 28.5 Å². The molecule has 1 heterocycles. The fraction of sp³-hybridized carbons (Fsp3) is 0.241. The maximum Gasteiger partial charge on any atom is 0.305 e. The molecule has 2 unspecified atom stereocenters. The molecule has 1 aromatic heterocycles. The first-order valence-electron chi connectivity index (χ1n) is 12.0. The molecule has 4 aromatic rings. The van der Waals surface area contributed by atoms with E-state index in [0.29, 0.717) is 16.1 Å². The number of carboxylic acids is 1. The zero-order valence-corrected chi connectivity index (χ0v) is 20.7. The number of para-hydroxylation sites is 1. The summed E-state index contributed by atoms with van der Waals surface area (Å²) in [6, 6.07) is 20.3. The first-order valence-corrected chi connectivity index (χ1v) is 12.4. The summed E-state index contributed by atoms with van der Waals surface area (Å²) in [7, 11) is 0. The van der Waals surface area contributed by atoms with Crippen LogP contribution in [0.3, 0.4) is 0 Å². The van der Waals surface area contributed by atoms with Crippen LogP contribution in [0.1, 0.15) is 65.1 Å². The molecule has 5 nitrogen and oxygen atoms in total. The van der Waals surface area contributed by atoms with Crippen LogP contribution in [0.15, 0.2) is 72.9 Å². The van der Waals surface area contributed by atoms with E-state index < -0.39 is 5.97 Å². The SMILES string of the molecule is CCCC(c1ccc(C(=O)NCCC(=O)O)cc1)C(c1cccc(Cl)c1)c1c[nH]c2c(F)cccc12. The predicted octanol–water partition coefficient (Wildman–Crippen LogP) is 6.88. The van der Waals surface area contributed by atoms with Gasteiger partial charge in [0, 0.05) is 34.6 Å². The van der Waals surface area contributed by atoms with Gasteiger partial charge in [0.1, 0.15) is 5.82 Å². The number of carbonyl (C=O) groups excluding carboxylic acids is 1. The second-order valence-electron chi connectivity index (χ2n) is 8.86. The minimum Gasteiger partial charge on any atom is -0.481 e. The Bertz CT molecular complexity index is 1370. The van der Waals surface area contributed by atoms with Crippen LogP contribution in [0.2, 0.25) is 5.02 Å². The number of halogens is 2. The van der Waals surface area contributed by atoms with Gasteiger partial charge >= 0.3 is 5.97 Å². The van der Waals surface area contributed by atoms with E-state index in [4.69, 9.17) is 16.7 Å². The second-order valence-corrected chi connectivity index (χ2v) is 9.29. The molecule has 0 aliphatic carbocycles. The van der Waals surface area contributed by atoms with E-state index in [1.54, 1.807) is 18.2 Å². The van der Waals surface area contributed by atoms with Gasteiger partial charge in [-0.15, -0.1) is 0 Å². The highest BCUT2D eigenvalue weighted by molar-refractivity contribution is 6.30. The lowest BCUT2D eigenvalue weighted by atomic mass is 9.75. The topological polar surface area (TPSA) is 82.2 Å². The number of nitrogens with one attached hydrogen (secondary N) is 2. The van der Waals surface area contributed by atoms with Gasteiger partial charge < -0.3 is 15.4 Å². The largest absolute Gasteiger partial charge is 0.481 e. The minimum absolute atomic E-state index is 0.0415. The van der Waals surface area contributed by atoms with Gasteiger partial charge in [0.15, 0.2) is 0 Å². The summed E-state index contributed by atoms with van der Waals surface area (Å²) >= 11 is 6.39. The Balaban J connectivity index is 1.74. The molecule has 0 radical (unpaired) electrons. The Hall–Kier alpha value is -3.64. The molecule has 0 saturated carbocycles. The minimum atomic E-state index is -0.961. The molecular formula is C29H28ClFN2O3. The Kier molecular flexibility index (Phi) is 8.06. The molecule has 0 aliphatic rings. The summed E-state index contributed by atoms with van der Waals surface area (Å²) in [5.41, 5.74) is 4.01. The van der Waals surface area contributed by atoms with Crippen molar-refractivity contribution in [2.45, 2.75) is 38.0 Å². The van der Waals surface area contributed by atoms with Gasteiger partial charge in [0.05, 0.1) is 11.9 Å². The average Bonchev–Trinajstić information content (AvgIpc) is 3.29. The van der Waals surface area contributed by atoms with Gasteiger partial charge in [-0.2, -0.15) is 0 Å². The molecule has 36 heavy (non-hydrogen) atoms. The van der Waals surface area contributed by atoms with E-state index in [1.165, 1.54) is 6.07 Å². The van der Waals surface area contributed by atoms with E-state index in [2.05, 4.69) is 17.2 Å². The predicted molar refractivity (Wildman–Crippen MR) is 140 cm³/mol. The normalized spacial score (nSPS) is 12.9. The molecule has 1 amide bonds. The highest BCUT2D eigenvalue weighted by atomic mass is 35.5. The highest BCUT2D eigenvalue weighted by Gasteiger charge is 2.29. The zero-order chi connectivity index (χ0) is 25.7. The van der Waals surface area contributed by atoms with E-state index >= 15 is 0 Å². The van der Waals surface area contributed by atoms with Crippen molar-refractivity contribution in [1.82, 2.24) is 10.3 Å². The zero-order valence-electron chi connectivity index (χ0n) is 19.9. The van der Waals surface area contributed by atoms with E-state index in [-0.39, 0.29) is 36.5 Å². The summed E-state index contributed by atoms with van der Waals surface area (Å²) in [5, 5.41) is 12.9. The van der Waals surface area contributed by atoms with Crippen LogP contribution in [0.25, 0.3) is 10.9 Å². The summed E-state index contributed by atoms with van der Waals surface area (Å²) in [5.74, 6) is -1.63. The first kappa shape index (κ1) is 25.5. The smallest absolute Gasteiger partial charge is 0.305 e. The van der Waals surface area contributed by atoms with Gasteiger partial charge in [-0.3, -0.25) is 9.59 Å². The van der Waals surface area contributed by atoms with E-state index in [0.717, 1.165) is 34.9 Å². The molecule has 2 atom stereocenters. The molecule has 0 saturated heterocycles. The molecule has 186 valence electrons. The number of fused-ring (bicyclic) bond motifs is 1.